The highest BCUT2D eigenvalue weighted by Gasteiger charge is 2.11. The fourth-order valence-electron chi connectivity index (χ4n) is 1.86. The van der Waals surface area contributed by atoms with E-state index in [2.05, 4.69) is 15.3 Å². The number of rotatable bonds is 3. The predicted octanol–water partition coefficient (Wildman–Crippen LogP) is 1.38. The summed E-state index contributed by atoms with van der Waals surface area (Å²) in [7, 11) is 0. The van der Waals surface area contributed by atoms with Crippen LogP contribution in [0.1, 0.15) is 18.2 Å². The van der Waals surface area contributed by atoms with Crippen LogP contribution in [-0.2, 0) is 11.3 Å². The van der Waals surface area contributed by atoms with Crippen LogP contribution in [0.2, 0.25) is 0 Å². The molecule has 19 heavy (non-hydrogen) atoms. The fourth-order valence-corrected chi connectivity index (χ4v) is 1.86. The van der Waals surface area contributed by atoms with Crippen molar-refractivity contribution in [1.29, 1.82) is 0 Å². The zero-order valence-electron chi connectivity index (χ0n) is 10.9. The van der Waals surface area contributed by atoms with Crippen molar-refractivity contribution < 1.29 is 4.79 Å². The van der Waals surface area contributed by atoms with Gasteiger partial charge in [-0.1, -0.05) is 0 Å². The lowest BCUT2D eigenvalue weighted by Crippen LogP contribution is -2.24. The Bertz CT molecular complexity index is 647. The molecule has 0 unspecified atom stereocenters. The Morgan fingerprint density at radius 2 is 2.26 bits per heavy atom. The molecule has 1 amide bonds. The molecule has 0 bridgehead atoms. The van der Waals surface area contributed by atoms with Crippen LogP contribution in [0.3, 0.4) is 0 Å². The first-order valence-corrected chi connectivity index (χ1v) is 5.95. The molecule has 0 aliphatic heterocycles. The number of hydrogen-bond acceptors (Lipinski definition) is 3. The Morgan fingerprint density at radius 1 is 1.47 bits per heavy atom. The van der Waals surface area contributed by atoms with Crippen molar-refractivity contribution in [2.24, 2.45) is 0 Å². The summed E-state index contributed by atoms with van der Waals surface area (Å²) < 4.78 is 0. The summed E-state index contributed by atoms with van der Waals surface area (Å²) >= 11 is 0. The van der Waals surface area contributed by atoms with Gasteiger partial charge in [-0.05, 0) is 19.1 Å². The monoisotopic (exact) mass is 257 g/mol. The molecule has 2 aromatic heterocycles. The minimum absolute atomic E-state index is 0.0937. The summed E-state index contributed by atoms with van der Waals surface area (Å²) in [5, 5.41) is 2.65. The number of carbonyl (C=O) groups is 1. The van der Waals surface area contributed by atoms with Gasteiger partial charge in [0.15, 0.2) is 5.43 Å². The van der Waals surface area contributed by atoms with Crippen molar-refractivity contribution in [1.82, 2.24) is 15.3 Å². The van der Waals surface area contributed by atoms with E-state index in [-0.39, 0.29) is 17.9 Å². The molecule has 0 aliphatic rings. The van der Waals surface area contributed by atoms with Crippen LogP contribution in [0.25, 0.3) is 11.3 Å². The first kappa shape index (κ1) is 13.0. The number of aryl methyl sites for hydroxylation is 1. The summed E-state index contributed by atoms with van der Waals surface area (Å²) in [6.07, 6.45) is 3.35. The highest BCUT2D eigenvalue weighted by Crippen LogP contribution is 2.18. The van der Waals surface area contributed by atoms with Crippen LogP contribution >= 0.6 is 0 Å². The summed E-state index contributed by atoms with van der Waals surface area (Å²) in [6.45, 7) is 3.45. The Labute approximate surface area is 110 Å². The molecular formula is C14H15N3O2. The van der Waals surface area contributed by atoms with Gasteiger partial charge in [0.1, 0.15) is 0 Å². The van der Waals surface area contributed by atoms with E-state index in [4.69, 9.17) is 0 Å². The molecule has 0 saturated carbocycles. The predicted molar refractivity (Wildman–Crippen MR) is 72.6 cm³/mol. The second-order valence-electron chi connectivity index (χ2n) is 4.32. The van der Waals surface area contributed by atoms with E-state index in [1.807, 2.05) is 13.0 Å². The van der Waals surface area contributed by atoms with E-state index in [1.54, 1.807) is 18.5 Å². The van der Waals surface area contributed by atoms with Crippen molar-refractivity contribution in [2.75, 3.05) is 0 Å². The summed E-state index contributed by atoms with van der Waals surface area (Å²) in [6, 6.07) is 5.20. The molecule has 98 valence electrons. The standard InChI is InChI=1S/C14H15N3O2/c1-9-6-13(19)12(8-16-10(2)18)14(17-9)11-4-3-5-15-7-11/h3-7H,8H2,1-2H3,(H,16,18)(H,17,19). The van der Waals surface area contributed by atoms with Crippen LogP contribution < -0.4 is 10.7 Å². The van der Waals surface area contributed by atoms with Crippen molar-refractivity contribution in [3.8, 4) is 11.3 Å². The Balaban J connectivity index is 2.52. The quantitative estimate of drug-likeness (QED) is 0.872. The third-order valence-corrected chi connectivity index (χ3v) is 2.73. The van der Waals surface area contributed by atoms with Gasteiger partial charge in [0, 0.05) is 48.7 Å². The number of aromatic nitrogens is 2. The van der Waals surface area contributed by atoms with Crippen LogP contribution in [-0.4, -0.2) is 15.9 Å². The van der Waals surface area contributed by atoms with Gasteiger partial charge < -0.3 is 10.3 Å². The molecule has 0 aliphatic carbocycles. The average Bonchev–Trinajstić information content (AvgIpc) is 2.37. The maximum atomic E-state index is 12.1. The Morgan fingerprint density at radius 3 is 2.89 bits per heavy atom. The smallest absolute Gasteiger partial charge is 0.217 e. The lowest BCUT2D eigenvalue weighted by molar-refractivity contribution is -0.119. The molecule has 0 radical (unpaired) electrons. The number of nitrogens with zero attached hydrogens (tertiary/aromatic N) is 1. The van der Waals surface area contributed by atoms with Crippen molar-refractivity contribution in [3.05, 3.63) is 52.1 Å². The molecule has 2 rings (SSSR count). The van der Waals surface area contributed by atoms with E-state index < -0.39 is 0 Å². The Hall–Kier alpha value is -2.43. The van der Waals surface area contributed by atoms with Gasteiger partial charge in [0.2, 0.25) is 5.91 Å². The number of pyridine rings is 2. The zero-order valence-corrected chi connectivity index (χ0v) is 10.9. The molecule has 0 saturated heterocycles. The van der Waals surface area contributed by atoms with Crippen molar-refractivity contribution >= 4 is 5.91 Å². The fraction of sp³-hybridized carbons (Fsp3) is 0.214. The largest absolute Gasteiger partial charge is 0.358 e. The number of nitrogens with one attached hydrogen (secondary N) is 2. The van der Waals surface area contributed by atoms with Gasteiger partial charge in [-0.25, -0.2) is 0 Å². The minimum atomic E-state index is -0.169. The summed E-state index contributed by atoms with van der Waals surface area (Å²) in [5.41, 5.74) is 2.74. The second-order valence-corrected chi connectivity index (χ2v) is 4.32. The third kappa shape index (κ3) is 3.07. The second kappa shape index (κ2) is 5.48. The molecule has 0 aromatic carbocycles. The molecule has 5 nitrogen and oxygen atoms in total. The molecule has 2 aromatic rings. The number of carbonyl (C=O) groups excluding carboxylic acids is 1. The van der Waals surface area contributed by atoms with Crippen molar-refractivity contribution in [2.45, 2.75) is 20.4 Å². The van der Waals surface area contributed by atoms with Gasteiger partial charge in [-0.3, -0.25) is 14.6 Å². The van der Waals surface area contributed by atoms with Crippen molar-refractivity contribution in [3.63, 3.8) is 0 Å². The van der Waals surface area contributed by atoms with E-state index in [0.717, 1.165) is 11.3 Å². The molecule has 0 atom stereocenters. The molecular weight excluding hydrogens is 242 g/mol. The lowest BCUT2D eigenvalue weighted by Gasteiger charge is -2.10. The first-order valence-electron chi connectivity index (χ1n) is 5.95. The number of aromatic amines is 1. The van der Waals surface area contributed by atoms with Gasteiger partial charge in [-0.15, -0.1) is 0 Å². The van der Waals surface area contributed by atoms with Gasteiger partial charge >= 0.3 is 0 Å². The minimum Gasteiger partial charge on any atom is -0.358 e. The lowest BCUT2D eigenvalue weighted by atomic mass is 10.1. The van der Waals surface area contributed by atoms with Gasteiger partial charge in [-0.2, -0.15) is 0 Å². The highest BCUT2D eigenvalue weighted by atomic mass is 16.1. The van der Waals surface area contributed by atoms with Crippen LogP contribution in [0.5, 0.6) is 0 Å². The Kier molecular flexibility index (Phi) is 3.75. The van der Waals surface area contributed by atoms with Crippen LogP contribution in [0.4, 0.5) is 0 Å². The molecule has 2 N–H and O–H groups in total. The molecule has 0 spiro atoms. The normalized spacial score (nSPS) is 10.2. The van der Waals surface area contributed by atoms with E-state index in [1.165, 1.54) is 13.0 Å². The van der Waals surface area contributed by atoms with Gasteiger partial charge in [0.05, 0.1) is 5.69 Å². The van der Waals surface area contributed by atoms with E-state index in [0.29, 0.717) is 11.3 Å². The SMILES string of the molecule is CC(=O)NCc1c(-c2cccnc2)[nH]c(C)cc1=O. The maximum absolute atomic E-state index is 12.1. The number of hydrogen-bond donors (Lipinski definition) is 2. The average molecular weight is 257 g/mol. The summed E-state index contributed by atoms with van der Waals surface area (Å²) in [4.78, 5) is 30.3. The molecule has 5 heteroatoms. The number of H-pyrrole nitrogens is 1. The van der Waals surface area contributed by atoms with Crippen LogP contribution in [0, 0.1) is 6.92 Å². The summed E-state index contributed by atoms with van der Waals surface area (Å²) in [5.74, 6) is -0.169. The van der Waals surface area contributed by atoms with Crippen LogP contribution in [0.15, 0.2) is 35.4 Å². The highest BCUT2D eigenvalue weighted by molar-refractivity contribution is 5.73. The number of amides is 1. The zero-order chi connectivity index (χ0) is 13.8. The first-order chi connectivity index (χ1) is 9.08. The topological polar surface area (TPSA) is 74.8 Å². The molecule has 0 fully saturated rings. The maximum Gasteiger partial charge on any atom is 0.217 e. The van der Waals surface area contributed by atoms with Gasteiger partial charge in [0.25, 0.3) is 0 Å². The third-order valence-electron chi connectivity index (χ3n) is 2.73. The molecule has 2 heterocycles. The van der Waals surface area contributed by atoms with E-state index >= 15 is 0 Å². The van der Waals surface area contributed by atoms with E-state index in [9.17, 15) is 9.59 Å².